The van der Waals surface area contributed by atoms with Crippen molar-refractivity contribution in [2.75, 3.05) is 20.2 Å². The van der Waals surface area contributed by atoms with E-state index in [0.29, 0.717) is 0 Å². The second-order valence-electron chi connectivity index (χ2n) is 4.78. The van der Waals surface area contributed by atoms with Gasteiger partial charge in [-0.25, -0.2) is 0 Å². The van der Waals surface area contributed by atoms with E-state index in [0.717, 1.165) is 25.5 Å². The van der Waals surface area contributed by atoms with Crippen molar-refractivity contribution < 1.29 is 9.15 Å². The lowest BCUT2D eigenvalue weighted by Gasteiger charge is -2.22. The van der Waals surface area contributed by atoms with Crippen LogP contribution in [0.1, 0.15) is 26.5 Å². The van der Waals surface area contributed by atoms with Crippen LogP contribution >= 0.6 is 0 Å². The maximum absolute atomic E-state index is 5.65. The van der Waals surface area contributed by atoms with Gasteiger partial charge < -0.3 is 9.15 Å². The lowest BCUT2D eigenvalue weighted by atomic mass is 10.2. The first kappa shape index (κ1) is 12.3. The van der Waals surface area contributed by atoms with Gasteiger partial charge in [0.25, 0.3) is 0 Å². The van der Waals surface area contributed by atoms with E-state index in [4.69, 9.17) is 9.15 Å². The smallest absolute Gasteiger partial charge is 0.117 e. The lowest BCUT2D eigenvalue weighted by Crippen LogP contribution is -2.27. The van der Waals surface area contributed by atoms with E-state index >= 15 is 0 Å². The van der Waals surface area contributed by atoms with Crippen LogP contribution in [-0.2, 0) is 11.3 Å². The van der Waals surface area contributed by atoms with E-state index in [-0.39, 0.29) is 5.60 Å². The zero-order valence-electron chi connectivity index (χ0n) is 10.1. The highest BCUT2D eigenvalue weighted by Gasteiger charge is 2.10. The van der Waals surface area contributed by atoms with Gasteiger partial charge in [-0.1, -0.05) is 0 Å². The Morgan fingerprint density at radius 2 is 2.13 bits per heavy atom. The minimum Gasteiger partial charge on any atom is -0.468 e. The van der Waals surface area contributed by atoms with Crippen LogP contribution in [0.4, 0.5) is 0 Å². The van der Waals surface area contributed by atoms with Gasteiger partial charge in [0.05, 0.1) is 25.0 Å². The molecule has 0 aliphatic rings. The van der Waals surface area contributed by atoms with Crippen LogP contribution in [0.5, 0.6) is 0 Å². The van der Waals surface area contributed by atoms with Crippen molar-refractivity contribution >= 4 is 0 Å². The summed E-state index contributed by atoms with van der Waals surface area (Å²) in [5, 5.41) is 0. The number of nitrogens with zero attached hydrogens (tertiary/aromatic N) is 1. The van der Waals surface area contributed by atoms with Gasteiger partial charge in [0.2, 0.25) is 0 Å². The molecule has 3 nitrogen and oxygen atoms in total. The zero-order valence-corrected chi connectivity index (χ0v) is 10.1. The number of hydrogen-bond donors (Lipinski definition) is 0. The molecule has 0 aliphatic carbocycles. The molecule has 0 unspecified atom stereocenters. The normalized spacial score (nSPS) is 12.3. The van der Waals surface area contributed by atoms with Crippen molar-refractivity contribution in [3.8, 4) is 0 Å². The highest BCUT2D eigenvalue weighted by molar-refractivity contribution is 4.97. The number of ether oxygens (including phenoxy) is 1. The minimum atomic E-state index is -0.0501. The minimum absolute atomic E-state index is 0.0501. The molecule has 0 N–H and O–H groups in total. The molecule has 3 heteroatoms. The molecule has 0 amide bonds. The van der Waals surface area contributed by atoms with E-state index in [1.54, 1.807) is 6.26 Å². The summed E-state index contributed by atoms with van der Waals surface area (Å²) >= 11 is 0. The molecule has 1 aromatic heterocycles. The molecular weight excluding hydrogens is 190 g/mol. The van der Waals surface area contributed by atoms with Crippen LogP contribution < -0.4 is 0 Å². The number of rotatable bonds is 5. The Labute approximate surface area is 92.0 Å². The third-order valence-electron chi connectivity index (χ3n) is 2.01. The quantitative estimate of drug-likeness (QED) is 0.748. The van der Waals surface area contributed by atoms with Crippen molar-refractivity contribution in [3.05, 3.63) is 24.2 Å². The van der Waals surface area contributed by atoms with Crippen LogP contribution in [0.3, 0.4) is 0 Å². The second kappa shape index (κ2) is 5.33. The fourth-order valence-electron chi connectivity index (χ4n) is 1.26. The fourth-order valence-corrected chi connectivity index (χ4v) is 1.26. The maximum atomic E-state index is 5.65. The van der Waals surface area contributed by atoms with Gasteiger partial charge in [-0.05, 0) is 40.0 Å². The van der Waals surface area contributed by atoms with Crippen molar-refractivity contribution in [1.29, 1.82) is 0 Å². The highest BCUT2D eigenvalue weighted by atomic mass is 16.5. The second-order valence-corrected chi connectivity index (χ2v) is 4.78. The first-order valence-electron chi connectivity index (χ1n) is 5.32. The van der Waals surface area contributed by atoms with Gasteiger partial charge in [0, 0.05) is 6.54 Å². The van der Waals surface area contributed by atoms with Gasteiger partial charge in [0.15, 0.2) is 0 Å². The summed E-state index contributed by atoms with van der Waals surface area (Å²) in [5.41, 5.74) is -0.0501. The molecule has 0 atom stereocenters. The Bertz CT molecular complexity index is 262. The van der Waals surface area contributed by atoms with Gasteiger partial charge in [-0.3, -0.25) is 4.90 Å². The monoisotopic (exact) mass is 211 g/mol. The summed E-state index contributed by atoms with van der Waals surface area (Å²) < 4.78 is 10.9. The molecule has 0 saturated heterocycles. The Hall–Kier alpha value is -0.800. The number of furan rings is 1. The van der Waals surface area contributed by atoms with Crippen LogP contribution in [-0.4, -0.2) is 30.7 Å². The van der Waals surface area contributed by atoms with Crippen LogP contribution in [0.25, 0.3) is 0 Å². The Morgan fingerprint density at radius 1 is 1.40 bits per heavy atom. The predicted molar refractivity (Wildman–Crippen MR) is 60.7 cm³/mol. The molecule has 1 aromatic rings. The maximum Gasteiger partial charge on any atom is 0.117 e. The first-order chi connectivity index (χ1) is 6.97. The summed E-state index contributed by atoms with van der Waals surface area (Å²) in [5.74, 6) is 0.994. The average molecular weight is 211 g/mol. The molecule has 0 spiro atoms. The average Bonchev–Trinajstić information content (AvgIpc) is 2.54. The Morgan fingerprint density at radius 3 is 2.67 bits per heavy atom. The van der Waals surface area contributed by atoms with Gasteiger partial charge >= 0.3 is 0 Å². The predicted octanol–water partition coefficient (Wildman–Crippen LogP) is 2.53. The molecule has 86 valence electrons. The molecule has 0 saturated carbocycles. The van der Waals surface area contributed by atoms with E-state index in [1.807, 2.05) is 12.1 Å². The topological polar surface area (TPSA) is 25.6 Å². The summed E-state index contributed by atoms with van der Waals surface area (Å²) in [7, 11) is 2.06. The number of hydrogen-bond acceptors (Lipinski definition) is 3. The summed E-state index contributed by atoms with van der Waals surface area (Å²) in [6.07, 6.45) is 1.70. The van der Waals surface area contributed by atoms with Crippen molar-refractivity contribution in [3.63, 3.8) is 0 Å². The molecule has 0 aromatic carbocycles. The van der Waals surface area contributed by atoms with Crippen molar-refractivity contribution in [2.45, 2.75) is 32.9 Å². The van der Waals surface area contributed by atoms with E-state index in [2.05, 4.69) is 32.7 Å². The SMILES string of the molecule is CN(CCOC(C)(C)C)Cc1ccco1. The molecule has 1 heterocycles. The van der Waals surface area contributed by atoms with E-state index in [9.17, 15) is 0 Å². The molecule has 0 fully saturated rings. The standard InChI is InChI=1S/C12H21NO2/c1-12(2,3)15-9-7-13(4)10-11-6-5-8-14-11/h5-6,8H,7,9-10H2,1-4H3. The molecule has 0 bridgehead atoms. The largest absolute Gasteiger partial charge is 0.468 e. The van der Waals surface area contributed by atoms with E-state index < -0.39 is 0 Å². The third kappa shape index (κ3) is 5.60. The van der Waals surface area contributed by atoms with Crippen molar-refractivity contribution in [1.82, 2.24) is 4.90 Å². The molecular formula is C12H21NO2. The summed E-state index contributed by atoms with van der Waals surface area (Å²) in [6, 6.07) is 3.90. The fraction of sp³-hybridized carbons (Fsp3) is 0.667. The zero-order chi connectivity index (χ0) is 11.3. The molecule has 1 rings (SSSR count). The van der Waals surface area contributed by atoms with E-state index in [1.165, 1.54) is 0 Å². The highest BCUT2D eigenvalue weighted by Crippen LogP contribution is 2.07. The van der Waals surface area contributed by atoms with Crippen molar-refractivity contribution in [2.24, 2.45) is 0 Å². The van der Waals surface area contributed by atoms with Gasteiger partial charge in [-0.15, -0.1) is 0 Å². The number of likely N-dealkylation sites (N-methyl/N-ethyl adjacent to an activating group) is 1. The van der Waals surface area contributed by atoms with Crippen LogP contribution in [0.15, 0.2) is 22.8 Å². The van der Waals surface area contributed by atoms with Gasteiger partial charge in [0.1, 0.15) is 5.76 Å². The van der Waals surface area contributed by atoms with Gasteiger partial charge in [-0.2, -0.15) is 0 Å². The Kier molecular flexibility index (Phi) is 4.36. The first-order valence-corrected chi connectivity index (χ1v) is 5.32. The third-order valence-corrected chi connectivity index (χ3v) is 2.01. The molecule has 15 heavy (non-hydrogen) atoms. The lowest BCUT2D eigenvalue weighted by molar-refractivity contribution is -0.0117. The Balaban J connectivity index is 2.17. The molecule has 0 aliphatic heterocycles. The van der Waals surface area contributed by atoms with Crippen LogP contribution in [0.2, 0.25) is 0 Å². The summed E-state index contributed by atoms with van der Waals surface area (Å²) in [4.78, 5) is 2.19. The molecule has 0 radical (unpaired) electrons. The summed E-state index contributed by atoms with van der Waals surface area (Å²) in [6.45, 7) is 8.71. The van der Waals surface area contributed by atoms with Crippen LogP contribution in [0, 0.1) is 0 Å².